The first kappa shape index (κ1) is 19.5. The zero-order valence-electron chi connectivity index (χ0n) is 14.3. The van der Waals surface area contributed by atoms with Gasteiger partial charge in [0.05, 0.1) is 14.2 Å². The van der Waals surface area contributed by atoms with Gasteiger partial charge in [-0.15, -0.1) is 0 Å². The maximum Gasteiger partial charge on any atom is 0.244 e. The Hall–Kier alpha value is -1.83. The van der Waals surface area contributed by atoms with Gasteiger partial charge in [0.25, 0.3) is 0 Å². The molecule has 0 radical (unpaired) electrons. The van der Waals surface area contributed by atoms with E-state index in [0.29, 0.717) is 16.0 Å². The van der Waals surface area contributed by atoms with Gasteiger partial charge in [-0.05, 0) is 27.6 Å². The normalized spacial score (nSPS) is 11.9. The first-order valence-electron chi connectivity index (χ1n) is 7.49. The molecule has 134 valence electrons. The smallest absolute Gasteiger partial charge is 0.244 e. The summed E-state index contributed by atoms with van der Waals surface area (Å²) in [5.41, 5.74) is 1.01. The van der Waals surface area contributed by atoms with Crippen LogP contribution in [-0.2, 0) is 10.0 Å². The van der Waals surface area contributed by atoms with Crippen LogP contribution in [0.5, 0.6) is 11.5 Å². The van der Waals surface area contributed by atoms with Crippen molar-refractivity contribution in [3.8, 4) is 11.5 Å². The van der Waals surface area contributed by atoms with Gasteiger partial charge in [0.2, 0.25) is 10.0 Å². The van der Waals surface area contributed by atoms with Gasteiger partial charge in [-0.1, -0.05) is 42.5 Å². The van der Waals surface area contributed by atoms with Crippen molar-refractivity contribution in [1.82, 2.24) is 4.31 Å². The topological polar surface area (TPSA) is 55.8 Å². The minimum absolute atomic E-state index is 0.126. The molecule has 0 saturated heterocycles. The summed E-state index contributed by atoms with van der Waals surface area (Å²) in [6.07, 6.45) is 3.69. The Kier molecular flexibility index (Phi) is 6.64. The zero-order valence-corrected chi connectivity index (χ0v) is 16.7. The van der Waals surface area contributed by atoms with Gasteiger partial charge in [-0.3, -0.25) is 0 Å². The molecule has 2 aromatic carbocycles. The molecular formula is C18H20BrNO4S. The van der Waals surface area contributed by atoms with Crippen LogP contribution in [0.25, 0.3) is 6.08 Å². The van der Waals surface area contributed by atoms with Gasteiger partial charge in [0, 0.05) is 24.1 Å². The van der Waals surface area contributed by atoms with E-state index in [0.717, 1.165) is 5.56 Å². The number of ether oxygens (including phenoxy) is 2. The van der Waals surface area contributed by atoms with Crippen LogP contribution < -0.4 is 9.47 Å². The van der Waals surface area contributed by atoms with Gasteiger partial charge in [-0.25, -0.2) is 8.42 Å². The minimum atomic E-state index is -3.68. The minimum Gasteiger partial charge on any atom is -0.493 e. The molecule has 0 aliphatic heterocycles. The predicted molar refractivity (Wildman–Crippen MR) is 103 cm³/mol. The quantitative estimate of drug-likeness (QED) is 0.676. The Morgan fingerprint density at radius 1 is 1.08 bits per heavy atom. The second-order valence-corrected chi connectivity index (χ2v) is 8.10. The number of sulfonamides is 1. The highest BCUT2D eigenvalue weighted by molar-refractivity contribution is 9.10. The van der Waals surface area contributed by atoms with E-state index >= 15 is 0 Å². The van der Waals surface area contributed by atoms with Crippen molar-refractivity contribution in [2.24, 2.45) is 0 Å². The van der Waals surface area contributed by atoms with Gasteiger partial charge in [-0.2, -0.15) is 4.31 Å². The summed E-state index contributed by atoms with van der Waals surface area (Å²) in [5, 5.41) is 0. The lowest BCUT2D eigenvalue weighted by Gasteiger charge is -2.18. The molecule has 7 heteroatoms. The molecule has 0 bridgehead atoms. The number of rotatable bonds is 7. The molecule has 0 amide bonds. The lowest BCUT2D eigenvalue weighted by atomic mass is 10.2. The molecule has 0 fully saturated rings. The summed E-state index contributed by atoms with van der Waals surface area (Å²) >= 11 is 3.30. The molecule has 0 N–H and O–H groups in total. The maximum atomic E-state index is 12.8. The van der Waals surface area contributed by atoms with E-state index in [2.05, 4.69) is 15.9 Å². The molecule has 0 aliphatic rings. The summed E-state index contributed by atoms with van der Waals surface area (Å²) in [5.74, 6) is 0.817. The molecule has 0 aliphatic carbocycles. The van der Waals surface area contributed by atoms with E-state index in [9.17, 15) is 8.42 Å². The van der Waals surface area contributed by atoms with Crippen LogP contribution in [0.3, 0.4) is 0 Å². The number of halogens is 1. The van der Waals surface area contributed by atoms with Gasteiger partial charge >= 0.3 is 0 Å². The molecule has 0 spiro atoms. The van der Waals surface area contributed by atoms with E-state index < -0.39 is 10.0 Å². The van der Waals surface area contributed by atoms with Crippen molar-refractivity contribution < 1.29 is 17.9 Å². The maximum absolute atomic E-state index is 12.8. The Morgan fingerprint density at radius 3 is 2.28 bits per heavy atom. The molecule has 0 aromatic heterocycles. The van der Waals surface area contributed by atoms with Crippen LogP contribution in [0.1, 0.15) is 5.56 Å². The first-order valence-corrected chi connectivity index (χ1v) is 9.73. The summed E-state index contributed by atoms with van der Waals surface area (Å²) < 4.78 is 37.7. The predicted octanol–water partition coefficient (Wildman–Crippen LogP) is 3.80. The van der Waals surface area contributed by atoms with Crippen LogP contribution in [-0.4, -0.2) is 40.5 Å². The number of nitrogens with zero attached hydrogens (tertiary/aromatic N) is 1. The number of hydrogen-bond acceptors (Lipinski definition) is 4. The molecule has 0 saturated carbocycles. The van der Waals surface area contributed by atoms with E-state index in [1.165, 1.54) is 31.6 Å². The van der Waals surface area contributed by atoms with E-state index in [1.807, 2.05) is 42.5 Å². The first-order chi connectivity index (χ1) is 11.9. The highest BCUT2D eigenvalue weighted by atomic mass is 79.9. The molecule has 0 heterocycles. The van der Waals surface area contributed by atoms with Crippen LogP contribution >= 0.6 is 15.9 Å². The highest BCUT2D eigenvalue weighted by Crippen LogP contribution is 2.36. The van der Waals surface area contributed by atoms with Crippen molar-refractivity contribution in [3.05, 3.63) is 58.6 Å². The van der Waals surface area contributed by atoms with E-state index in [1.54, 1.807) is 6.07 Å². The van der Waals surface area contributed by atoms with E-state index in [-0.39, 0.29) is 11.4 Å². The molecular weight excluding hydrogens is 406 g/mol. The summed E-state index contributed by atoms with van der Waals surface area (Å²) in [4.78, 5) is 0.126. The lowest BCUT2D eigenvalue weighted by Crippen LogP contribution is -2.27. The van der Waals surface area contributed by atoms with Crippen molar-refractivity contribution in [3.63, 3.8) is 0 Å². The zero-order chi connectivity index (χ0) is 18.4. The summed E-state index contributed by atoms with van der Waals surface area (Å²) in [6, 6.07) is 12.7. The number of hydrogen-bond donors (Lipinski definition) is 0. The van der Waals surface area contributed by atoms with Crippen LogP contribution in [0, 0.1) is 0 Å². The SMILES string of the molecule is COc1cc(Br)c(S(=O)(=O)N(C)C/C=C/c2ccccc2)cc1OC. The Labute approximate surface area is 157 Å². The van der Waals surface area contributed by atoms with Gasteiger partial charge < -0.3 is 9.47 Å². The number of likely N-dealkylation sites (N-methyl/N-ethyl adjacent to an activating group) is 1. The fraction of sp³-hybridized carbons (Fsp3) is 0.222. The van der Waals surface area contributed by atoms with Crippen molar-refractivity contribution in [2.45, 2.75) is 4.90 Å². The fourth-order valence-corrected chi connectivity index (χ4v) is 4.32. The summed E-state index contributed by atoms with van der Waals surface area (Å²) in [7, 11) is 0.819. The molecule has 2 aromatic rings. The van der Waals surface area contributed by atoms with Crippen LogP contribution in [0.15, 0.2) is 57.9 Å². The Balaban J connectivity index is 2.24. The van der Waals surface area contributed by atoms with Gasteiger partial charge in [0.15, 0.2) is 11.5 Å². The van der Waals surface area contributed by atoms with Crippen molar-refractivity contribution in [1.29, 1.82) is 0 Å². The highest BCUT2D eigenvalue weighted by Gasteiger charge is 2.25. The molecule has 0 atom stereocenters. The number of methoxy groups -OCH3 is 2. The third kappa shape index (κ3) is 4.62. The second-order valence-electron chi connectivity index (χ2n) is 5.24. The lowest BCUT2D eigenvalue weighted by molar-refractivity contribution is 0.353. The van der Waals surface area contributed by atoms with Gasteiger partial charge in [0.1, 0.15) is 4.90 Å². The molecule has 25 heavy (non-hydrogen) atoms. The average molecular weight is 426 g/mol. The third-order valence-electron chi connectivity index (χ3n) is 3.60. The standard InChI is InChI=1S/C18H20BrNO4S/c1-20(11-7-10-14-8-5-4-6-9-14)25(21,22)18-13-17(24-3)16(23-2)12-15(18)19/h4-10,12-13H,11H2,1-3H3/b10-7+. The van der Waals surface area contributed by atoms with Crippen LogP contribution in [0.2, 0.25) is 0 Å². The molecule has 5 nitrogen and oxygen atoms in total. The number of benzene rings is 2. The average Bonchev–Trinajstić information content (AvgIpc) is 2.61. The summed E-state index contributed by atoms with van der Waals surface area (Å²) in [6.45, 7) is 0.248. The van der Waals surface area contributed by atoms with Crippen molar-refractivity contribution >= 4 is 32.0 Å². The fourth-order valence-electron chi connectivity index (χ4n) is 2.20. The Morgan fingerprint density at radius 2 is 1.68 bits per heavy atom. The third-order valence-corrected chi connectivity index (χ3v) is 6.38. The van der Waals surface area contributed by atoms with Crippen LogP contribution in [0.4, 0.5) is 0 Å². The monoisotopic (exact) mass is 425 g/mol. The molecule has 0 unspecified atom stereocenters. The second kappa shape index (κ2) is 8.51. The Bertz CT molecular complexity index is 851. The van der Waals surface area contributed by atoms with E-state index in [4.69, 9.17) is 9.47 Å². The largest absolute Gasteiger partial charge is 0.493 e. The molecule has 2 rings (SSSR count). The van der Waals surface area contributed by atoms with Crippen molar-refractivity contribution in [2.75, 3.05) is 27.8 Å².